The third-order valence-electron chi connectivity index (χ3n) is 6.50. The number of rotatable bonds is 2. The third kappa shape index (κ3) is 3.51. The Morgan fingerprint density at radius 2 is 1.87 bits per heavy atom. The molecule has 1 aromatic rings. The first-order chi connectivity index (χ1) is 14.8. The molecule has 4 aliphatic rings. The zero-order valence-electron chi connectivity index (χ0n) is 18.2. The van der Waals surface area contributed by atoms with Crippen LogP contribution in [0.2, 0.25) is 0 Å². The summed E-state index contributed by atoms with van der Waals surface area (Å²) >= 11 is 0. The number of benzene rings is 1. The van der Waals surface area contributed by atoms with E-state index in [0.29, 0.717) is 55.4 Å². The highest BCUT2D eigenvalue weighted by Gasteiger charge is 2.43. The molecule has 0 radical (unpaired) electrons. The standard InChI is InChI=1S/C24H28N2O5/c1-14-20(23(28)26-6-8-29-9-7-26)21(15-4-5-18-19(10-15)31-13-30-18)22-16(25-14)11-24(2,3)12-17(22)27/h4-5,10,21,25H,6-9,11-13H2,1-3H3. The van der Waals surface area contributed by atoms with Gasteiger partial charge in [-0.1, -0.05) is 19.9 Å². The van der Waals surface area contributed by atoms with E-state index in [9.17, 15) is 9.59 Å². The smallest absolute Gasteiger partial charge is 0.252 e. The van der Waals surface area contributed by atoms with Crippen molar-refractivity contribution in [1.82, 2.24) is 10.2 Å². The van der Waals surface area contributed by atoms with E-state index in [1.165, 1.54) is 0 Å². The van der Waals surface area contributed by atoms with Crippen molar-refractivity contribution in [2.75, 3.05) is 33.1 Å². The summed E-state index contributed by atoms with van der Waals surface area (Å²) in [5.41, 5.74) is 3.84. The maximum atomic E-state index is 13.7. The molecule has 1 saturated heterocycles. The van der Waals surface area contributed by atoms with Gasteiger partial charge in [0.1, 0.15) is 0 Å². The van der Waals surface area contributed by atoms with Crippen LogP contribution in [-0.2, 0) is 14.3 Å². The van der Waals surface area contributed by atoms with Crippen LogP contribution in [0.15, 0.2) is 40.7 Å². The minimum Gasteiger partial charge on any atom is -0.454 e. The first-order valence-electron chi connectivity index (χ1n) is 10.8. The topological polar surface area (TPSA) is 77.1 Å². The Bertz CT molecular complexity index is 1020. The molecule has 5 rings (SSSR count). The average molecular weight is 424 g/mol. The Balaban J connectivity index is 1.63. The molecule has 1 atom stereocenters. The van der Waals surface area contributed by atoms with Gasteiger partial charge in [-0.15, -0.1) is 0 Å². The molecule has 1 unspecified atom stereocenters. The summed E-state index contributed by atoms with van der Waals surface area (Å²) in [6.07, 6.45) is 1.23. The van der Waals surface area contributed by atoms with Crippen molar-refractivity contribution in [2.45, 2.75) is 39.5 Å². The second-order valence-electron chi connectivity index (χ2n) is 9.45. The van der Waals surface area contributed by atoms with Crippen LogP contribution in [0.3, 0.4) is 0 Å². The highest BCUT2D eigenvalue weighted by atomic mass is 16.7. The van der Waals surface area contributed by atoms with Crippen LogP contribution >= 0.6 is 0 Å². The Labute approximate surface area is 182 Å². The van der Waals surface area contributed by atoms with E-state index in [0.717, 1.165) is 23.4 Å². The van der Waals surface area contributed by atoms with Crippen LogP contribution in [0.25, 0.3) is 0 Å². The number of carbonyl (C=O) groups excluding carboxylic acids is 2. The first kappa shape index (κ1) is 20.1. The van der Waals surface area contributed by atoms with Crippen LogP contribution in [0.1, 0.15) is 45.1 Å². The second kappa shape index (κ2) is 7.41. The van der Waals surface area contributed by atoms with Gasteiger partial charge < -0.3 is 24.4 Å². The predicted molar refractivity (Wildman–Crippen MR) is 114 cm³/mol. The molecule has 164 valence electrons. The number of ether oxygens (including phenoxy) is 3. The molecule has 0 spiro atoms. The fraction of sp³-hybridized carbons (Fsp3) is 0.500. The number of hydrogen-bond donors (Lipinski definition) is 1. The summed E-state index contributed by atoms with van der Waals surface area (Å²) in [5, 5.41) is 3.43. The van der Waals surface area contributed by atoms with Crippen molar-refractivity contribution in [2.24, 2.45) is 5.41 Å². The normalized spacial score (nSPS) is 24.8. The number of Topliss-reactive ketones (excluding diaryl/α,β-unsaturated/α-hetero) is 1. The minimum absolute atomic E-state index is 0.0415. The van der Waals surface area contributed by atoms with Crippen LogP contribution in [0.4, 0.5) is 0 Å². The summed E-state index contributed by atoms with van der Waals surface area (Å²) in [4.78, 5) is 28.9. The van der Waals surface area contributed by atoms with Crippen molar-refractivity contribution in [3.63, 3.8) is 0 Å². The predicted octanol–water partition coefficient (Wildman–Crippen LogP) is 2.88. The van der Waals surface area contributed by atoms with E-state index in [1.807, 2.05) is 30.0 Å². The summed E-state index contributed by atoms with van der Waals surface area (Å²) in [6.45, 7) is 8.50. The summed E-state index contributed by atoms with van der Waals surface area (Å²) in [6, 6.07) is 5.72. The summed E-state index contributed by atoms with van der Waals surface area (Å²) in [5.74, 6) is 0.966. The molecule has 1 fully saturated rings. The molecule has 0 aromatic heterocycles. The SMILES string of the molecule is CC1=C(C(=O)N2CCOCC2)C(c2ccc3c(c2)OCO3)C2=C(CC(C)(C)CC2=O)N1. The first-order valence-corrected chi connectivity index (χ1v) is 10.8. The van der Waals surface area contributed by atoms with Gasteiger partial charge in [0.2, 0.25) is 6.79 Å². The molecule has 3 heterocycles. The molecule has 3 aliphatic heterocycles. The number of carbonyl (C=O) groups is 2. The molecule has 7 heteroatoms. The highest BCUT2D eigenvalue weighted by Crippen LogP contribution is 2.48. The van der Waals surface area contributed by atoms with Gasteiger partial charge in [0.15, 0.2) is 17.3 Å². The van der Waals surface area contributed by atoms with Gasteiger partial charge in [-0.2, -0.15) is 0 Å². The number of nitrogens with zero attached hydrogens (tertiary/aromatic N) is 1. The van der Waals surface area contributed by atoms with E-state index in [-0.39, 0.29) is 23.9 Å². The molecule has 31 heavy (non-hydrogen) atoms. The molecule has 1 N–H and O–H groups in total. The van der Waals surface area contributed by atoms with Gasteiger partial charge >= 0.3 is 0 Å². The lowest BCUT2D eigenvalue weighted by Crippen LogP contribution is -2.45. The van der Waals surface area contributed by atoms with Gasteiger partial charge in [-0.05, 0) is 36.5 Å². The number of dihydropyridines is 1. The largest absolute Gasteiger partial charge is 0.454 e. The lowest BCUT2D eigenvalue weighted by atomic mass is 9.68. The monoisotopic (exact) mass is 424 g/mol. The zero-order chi connectivity index (χ0) is 21.8. The van der Waals surface area contributed by atoms with Gasteiger partial charge in [0.25, 0.3) is 5.91 Å². The fourth-order valence-corrected chi connectivity index (χ4v) is 5.08. The number of fused-ring (bicyclic) bond motifs is 1. The van der Waals surface area contributed by atoms with E-state index < -0.39 is 5.92 Å². The van der Waals surface area contributed by atoms with Gasteiger partial charge in [0.05, 0.1) is 13.2 Å². The van der Waals surface area contributed by atoms with Crippen molar-refractivity contribution in [3.8, 4) is 11.5 Å². The molecule has 7 nitrogen and oxygen atoms in total. The summed E-state index contributed by atoms with van der Waals surface area (Å²) < 4.78 is 16.5. The lowest BCUT2D eigenvalue weighted by molar-refractivity contribution is -0.131. The molecule has 0 saturated carbocycles. The Hall–Kier alpha value is -2.80. The van der Waals surface area contributed by atoms with Crippen LogP contribution in [0.5, 0.6) is 11.5 Å². The number of ketones is 1. The fourth-order valence-electron chi connectivity index (χ4n) is 5.08. The average Bonchev–Trinajstić information content (AvgIpc) is 3.20. The zero-order valence-corrected chi connectivity index (χ0v) is 18.2. The van der Waals surface area contributed by atoms with Gasteiger partial charge in [0, 0.05) is 48.0 Å². The van der Waals surface area contributed by atoms with E-state index in [2.05, 4.69) is 19.2 Å². The minimum atomic E-state index is -0.426. The van der Waals surface area contributed by atoms with Crippen molar-refractivity contribution < 1.29 is 23.8 Å². The number of nitrogens with one attached hydrogen (secondary N) is 1. The Kier molecular flexibility index (Phi) is 4.81. The maximum absolute atomic E-state index is 13.7. The van der Waals surface area contributed by atoms with Crippen molar-refractivity contribution in [1.29, 1.82) is 0 Å². The van der Waals surface area contributed by atoms with Crippen LogP contribution in [-0.4, -0.2) is 49.7 Å². The third-order valence-corrected chi connectivity index (χ3v) is 6.50. The molecule has 1 aliphatic carbocycles. The Morgan fingerprint density at radius 3 is 2.65 bits per heavy atom. The van der Waals surface area contributed by atoms with Gasteiger partial charge in [-0.25, -0.2) is 0 Å². The van der Waals surface area contributed by atoms with Crippen molar-refractivity contribution >= 4 is 11.7 Å². The quantitative estimate of drug-likeness (QED) is 0.787. The number of morpholine rings is 1. The highest BCUT2D eigenvalue weighted by molar-refractivity contribution is 6.05. The Morgan fingerprint density at radius 1 is 1.13 bits per heavy atom. The molecular formula is C24H28N2O5. The number of hydrogen-bond acceptors (Lipinski definition) is 6. The lowest BCUT2D eigenvalue weighted by Gasteiger charge is -2.41. The second-order valence-corrected chi connectivity index (χ2v) is 9.45. The van der Waals surface area contributed by atoms with E-state index in [4.69, 9.17) is 14.2 Å². The summed E-state index contributed by atoms with van der Waals surface area (Å²) in [7, 11) is 0. The van der Waals surface area contributed by atoms with Gasteiger partial charge in [-0.3, -0.25) is 9.59 Å². The van der Waals surface area contributed by atoms with Crippen molar-refractivity contribution in [3.05, 3.63) is 46.3 Å². The molecule has 1 aromatic carbocycles. The maximum Gasteiger partial charge on any atom is 0.252 e. The number of allylic oxidation sites excluding steroid dienone is 3. The van der Waals surface area contributed by atoms with E-state index >= 15 is 0 Å². The van der Waals surface area contributed by atoms with E-state index in [1.54, 1.807) is 0 Å². The van der Waals surface area contributed by atoms with Crippen LogP contribution in [0, 0.1) is 5.41 Å². The number of amides is 1. The molecule has 1 amide bonds. The molecular weight excluding hydrogens is 396 g/mol. The van der Waals surface area contributed by atoms with Crippen LogP contribution < -0.4 is 14.8 Å². The molecule has 0 bridgehead atoms.